The highest BCUT2D eigenvalue weighted by Crippen LogP contribution is 2.34. The van der Waals surface area contributed by atoms with Crippen LogP contribution in [0.2, 0.25) is 0 Å². The highest BCUT2D eigenvalue weighted by Gasteiger charge is 2.37. The van der Waals surface area contributed by atoms with E-state index in [0.717, 1.165) is 15.7 Å². The van der Waals surface area contributed by atoms with Gasteiger partial charge in [-0.15, -0.1) is 5.53 Å². The molecule has 0 aromatic heterocycles. The second-order valence-electron chi connectivity index (χ2n) is 10.3. The number of anilines is 3. The van der Waals surface area contributed by atoms with Crippen LogP contribution in [0.3, 0.4) is 0 Å². The van der Waals surface area contributed by atoms with E-state index in [9.17, 15) is 31.2 Å². The van der Waals surface area contributed by atoms with Gasteiger partial charge in [0.15, 0.2) is 0 Å². The minimum Gasteiger partial charge on any atom is -0.469 e. The van der Waals surface area contributed by atoms with Crippen molar-refractivity contribution in [2.45, 2.75) is 50.8 Å². The van der Waals surface area contributed by atoms with E-state index in [2.05, 4.69) is 31.4 Å². The number of amides is 2. The molecule has 3 aromatic carbocycles. The molecule has 258 valence electrons. The SMILES string of the molecule is CCC(=O)NS(=O)(=O)c1ccc(C)c(NC(=O)C(C)C2=Nc3ccccc3S(=O)(=O)N2CC)c1.COC(C)=O.c1ccc2c(c1)NNN2. The normalized spacial score (nSPS) is 14.4. The Kier molecular flexibility index (Phi) is 12.6. The van der Waals surface area contributed by atoms with Crippen molar-refractivity contribution in [3.05, 3.63) is 72.3 Å². The van der Waals surface area contributed by atoms with Gasteiger partial charge in [0.1, 0.15) is 10.7 Å². The minimum atomic E-state index is -4.11. The minimum absolute atomic E-state index is 0.00568. The molecule has 2 heterocycles. The van der Waals surface area contributed by atoms with Crippen molar-refractivity contribution in [3.8, 4) is 0 Å². The summed E-state index contributed by atoms with van der Waals surface area (Å²) < 4.78 is 58.2. The number of ether oxygens (including phenoxy) is 1. The Morgan fingerprint density at radius 1 is 0.979 bits per heavy atom. The third-order valence-electron chi connectivity index (χ3n) is 6.95. The first kappa shape index (κ1) is 37.5. The molecule has 0 radical (unpaired) electrons. The number of nitrogens with zero attached hydrogens (tertiary/aromatic N) is 2. The summed E-state index contributed by atoms with van der Waals surface area (Å²) in [5, 5.41) is 2.66. The molecule has 0 spiro atoms. The molecule has 0 saturated carbocycles. The predicted molar refractivity (Wildman–Crippen MR) is 182 cm³/mol. The van der Waals surface area contributed by atoms with Crippen molar-refractivity contribution in [2.75, 3.05) is 29.8 Å². The van der Waals surface area contributed by atoms with Crippen molar-refractivity contribution in [3.63, 3.8) is 0 Å². The number of para-hydroxylation sites is 3. The van der Waals surface area contributed by atoms with Gasteiger partial charge in [-0.05, 0) is 62.7 Å². The van der Waals surface area contributed by atoms with Gasteiger partial charge in [-0.25, -0.2) is 26.6 Å². The Hall–Kier alpha value is -5.00. The van der Waals surface area contributed by atoms with Crippen LogP contribution in [-0.2, 0) is 39.2 Å². The molecule has 0 saturated heterocycles. The molecule has 17 heteroatoms. The first-order valence-corrected chi connectivity index (χ1v) is 17.7. The molecular weight excluding hydrogens is 663 g/mol. The fourth-order valence-corrected chi connectivity index (χ4v) is 6.98. The summed E-state index contributed by atoms with van der Waals surface area (Å²) in [7, 11) is -6.64. The van der Waals surface area contributed by atoms with E-state index in [1.54, 1.807) is 32.0 Å². The maximum Gasteiger partial charge on any atom is 0.302 e. The summed E-state index contributed by atoms with van der Waals surface area (Å²) >= 11 is 0. The van der Waals surface area contributed by atoms with Crippen LogP contribution in [0, 0.1) is 12.8 Å². The number of benzene rings is 3. The third kappa shape index (κ3) is 9.08. The maximum atomic E-state index is 13.1. The van der Waals surface area contributed by atoms with Crippen LogP contribution in [-0.4, -0.2) is 58.4 Å². The lowest BCUT2D eigenvalue weighted by atomic mass is 10.1. The van der Waals surface area contributed by atoms with Crippen LogP contribution in [0.1, 0.15) is 39.7 Å². The number of aliphatic imine (C=N–C) groups is 1. The Bertz CT molecular complexity index is 1890. The van der Waals surface area contributed by atoms with Crippen molar-refractivity contribution in [1.29, 1.82) is 0 Å². The number of carbonyl (C=O) groups is 3. The molecule has 2 aliphatic rings. The van der Waals surface area contributed by atoms with Gasteiger partial charge < -0.3 is 20.9 Å². The molecular formula is C31H39N7O8S2. The van der Waals surface area contributed by atoms with E-state index >= 15 is 0 Å². The van der Waals surface area contributed by atoms with Crippen LogP contribution in [0.15, 0.2) is 81.5 Å². The predicted octanol–water partition coefficient (Wildman–Crippen LogP) is 3.66. The highest BCUT2D eigenvalue weighted by molar-refractivity contribution is 7.90. The number of nitrogens with one attached hydrogen (secondary N) is 5. The average molecular weight is 702 g/mol. The number of hydrogen-bond acceptors (Lipinski definition) is 12. The van der Waals surface area contributed by atoms with Gasteiger partial charge in [0.2, 0.25) is 11.8 Å². The Balaban J connectivity index is 0.000000365. The fraction of sp³-hybridized carbons (Fsp3) is 0.290. The molecule has 5 N–H and O–H groups in total. The van der Waals surface area contributed by atoms with Crippen LogP contribution in [0.4, 0.5) is 22.7 Å². The van der Waals surface area contributed by atoms with E-state index in [1.807, 2.05) is 29.0 Å². The van der Waals surface area contributed by atoms with Crippen LogP contribution in [0.5, 0.6) is 0 Å². The number of amidine groups is 1. The van der Waals surface area contributed by atoms with Crippen LogP contribution >= 0.6 is 0 Å². The summed E-state index contributed by atoms with van der Waals surface area (Å²) in [6, 6.07) is 18.3. The summed E-state index contributed by atoms with van der Waals surface area (Å²) in [5.41, 5.74) is 11.9. The molecule has 2 amide bonds. The monoisotopic (exact) mass is 701 g/mol. The van der Waals surface area contributed by atoms with Crippen LogP contribution in [0.25, 0.3) is 0 Å². The number of carbonyl (C=O) groups excluding carboxylic acids is 3. The van der Waals surface area contributed by atoms with E-state index in [-0.39, 0.29) is 45.9 Å². The fourth-order valence-electron chi connectivity index (χ4n) is 4.24. The first-order valence-electron chi connectivity index (χ1n) is 14.7. The number of hydrazine groups is 2. The van der Waals surface area contributed by atoms with Crippen molar-refractivity contribution in [2.24, 2.45) is 10.9 Å². The maximum absolute atomic E-state index is 13.1. The summed E-state index contributed by atoms with van der Waals surface area (Å²) in [6.07, 6.45) is -0.00568. The first-order chi connectivity index (χ1) is 22.7. The van der Waals surface area contributed by atoms with E-state index in [1.165, 1.54) is 52.1 Å². The molecule has 15 nitrogen and oxygen atoms in total. The Labute approximate surface area is 280 Å². The Morgan fingerprint density at radius 3 is 2.12 bits per heavy atom. The number of hydrogen-bond donors (Lipinski definition) is 5. The number of aryl methyl sites for hydroxylation is 1. The second-order valence-corrected chi connectivity index (χ2v) is 13.8. The van der Waals surface area contributed by atoms with Crippen molar-refractivity contribution in [1.82, 2.24) is 14.6 Å². The largest absolute Gasteiger partial charge is 0.469 e. The zero-order valence-corrected chi connectivity index (χ0v) is 29.0. The van der Waals surface area contributed by atoms with Gasteiger partial charge in [0.25, 0.3) is 20.0 Å². The zero-order chi connectivity index (χ0) is 35.6. The van der Waals surface area contributed by atoms with Crippen molar-refractivity contribution >= 4 is 66.4 Å². The van der Waals surface area contributed by atoms with Gasteiger partial charge in [0.05, 0.1) is 35.0 Å². The molecule has 48 heavy (non-hydrogen) atoms. The molecule has 1 atom stereocenters. The van der Waals surface area contributed by atoms with Gasteiger partial charge in [-0.2, -0.15) is 0 Å². The highest BCUT2D eigenvalue weighted by atomic mass is 32.2. The molecule has 1 unspecified atom stereocenters. The summed E-state index contributed by atoms with van der Waals surface area (Å²) in [5.74, 6) is -2.37. The standard InChI is InChI=1S/C22H26N4O6S2.C6H7N3.C3H6O2/c1-5-20(27)25-33(29,30)16-12-11-14(3)18(13-16)24-22(28)15(4)21-23-17-9-7-8-10-19(17)34(31,32)26(21)6-2;1-2-4-6-5(3-1)7-9-8-6;1-3(4)5-2/h7-13,15H,5-6H2,1-4H3,(H,24,28)(H,25,27);1-4,7-9H;1-2H3. The topological polar surface area (TPSA) is 204 Å². The van der Waals surface area contributed by atoms with E-state index < -0.39 is 37.8 Å². The van der Waals surface area contributed by atoms with Crippen molar-refractivity contribution < 1.29 is 36.0 Å². The second kappa shape index (κ2) is 16.2. The molecule has 2 aliphatic heterocycles. The van der Waals surface area contributed by atoms with E-state index in [4.69, 9.17) is 0 Å². The quantitative estimate of drug-likeness (QED) is 0.225. The lowest BCUT2D eigenvalue weighted by Gasteiger charge is -2.31. The molecule has 3 aromatic rings. The molecule has 5 rings (SSSR count). The third-order valence-corrected chi connectivity index (χ3v) is 10.2. The van der Waals surface area contributed by atoms with Gasteiger partial charge in [-0.3, -0.25) is 18.7 Å². The molecule has 0 fully saturated rings. The Morgan fingerprint density at radius 2 is 1.56 bits per heavy atom. The summed E-state index contributed by atoms with van der Waals surface area (Å²) in [4.78, 5) is 38.6. The van der Waals surface area contributed by atoms with Gasteiger partial charge in [-0.1, -0.05) is 37.3 Å². The lowest BCUT2D eigenvalue weighted by molar-refractivity contribution is -0.138. The van der Waals surface area contributed by atoms with Crippen LogP contribution < -0.4 is 26.4 Å². The zero-order valence-electron chi connectivity index (χ0n) is 27.3. The number of esters is 1. The van der Waals surface area contributed by atoms with Gasteiger partial charge >= 0.3 is 5.97 Å². The van der Waals surface area contributed by atoms with E-state index in [0.29, 0.717) is 5.56 Å². The summed E-state index contributed by atoms with van der Waals surface area (Å²) in [6.45, 7) is 7.82. The molecule has 0 aliphatic carbocycles. The lowest BCUT2D eigenvalue weighted by Crippen LogP contribution is -2.45. The number of sulfonamides is 2. The average Bonchev–Trinajstić information content (AvgIpc) is 3.54. The van der Waals surface area contributed by atoms with Gasteiger partial charge in [0, 0.05) is 25.6 Å². The molecule has 0 bridgehead atoms. The number of fused-ring (bicyclic) bond motifs is 2. The smallest absolute Gasteiger partial charge is 0.302 e. The number of methoxy groups -OCH3 is 1. The number of rotatable bonds is 7.